The molecular weight excluding hydrogens is 252 g/mol. The fourth-order valence-corrected chi connectivity index (χ4v) is 3.05. The van der Waals surface area contributed by atoms with Crippen LogP contribution in [0.2, 0.25) is 0 Å². The van der Waals surface area contributed by atoms with E-state index in [4.69, 9.17) is 0 Å². The average Bonchev–Trinajstić information content (AvgIpc) is 2.59. The van der Waals surface area contributed by atoms with Crippen molar-refractivity contribution in [1.29, 1.82) is 0 Å². The molecule has 0 aromatic carbocycles. The first-order chi connectivity index (χ1) is 9.41. The smallest absolute Gasteiger partial charge is 0.314 e. The van der Waals surface area contributed by atoms with E-state index in [0.29, 0.717) is 12.5 Å². The molecule has 1 saturated carbocycles. The predicted molar refractivity (Wildman–Crippen MR) is 82.7 cm³/mol. The number of amides is 2. The van der Waals surface area contributed by atoms with Crippen molar-refractivity contribution < 1.29 is 9.90 Å². The second-order valence-corrected chi connectivity index (χ2v) is 6.98. The van der Waals surface area contributed by atoms with Crippen molar-refractivity contribution in [3.05, 3.63) is 0 Å². The van der Waals surface area contributed by atoms with Gasteiger partial charge in [0.2, 0.25) is 0 Å². The van der Waals surface area contributed by atoms with Gasteiger partial charge in [0.1, 0.15) is 0 Å². The molecule has 1 rings (SSSR count). The summed E-state index contributed by atoms with van der Waals surface area (Å²) in [4.78, 5) is 11.8. The second-order valence-electron chi connectivity index (χ2n) is 6.98. The van der Waals surface area contributed by atoms with Gasteiger partial charge in [-0.25, -0.2) is 4.79 Å². The third-order valence-electron chi connectivity index (χ3n) is 4.34. The van der Waals surface area contributed by atoms with E-state index in [9.17, 15) is 9.90 Å². The molecule has 20 heavy (non-hydrogen) atoms. The van der Waals surface area contributed by atoms with Crippen LogP contribution in [0.5, 0.6) is 0 Å². The van der Waals surface area contributed by atoms with Crippen molar-refractivity contribution in [2.75, 3.05) is 13.1 Å². The Morgan fingerprint density at radius 2 is 1.75 bits per heavy atom. The Kier molecular flexibility index (Phi) is 7.35. The van der Waals surface area contributed by atoms with Crippen molar-refractivity contribution in [2.24, 2.45) is 11.3 Å². The lowest BCUT2D eigenvalue weighted by molar-refractivity contribution is 0.163. The molecule has 2 amide bonds. The molecule has 3 N–H and O–H groups in total. The monoisotopic (exact) mass is 284 g/mol. The standard InChI is InChI=1S/C16H32N2O2/c1-13(10-14(2)19)11-17-15(20)18-12-16(3)8-6-4-5-7-9-16/h13-14,19H,4-12H2,1-3H3,(H2,17,18,20). The van der Waals surface area contributed by atoms with Gasteiger partial charge in [-0.15, -0.1) is 0 Å². The number of aliphatic hydroxyl groups is 1. The first-order valence-electron chi connectivity index (χ1n) is 8.11. The molecule has 118 valence electrons. The van der Waals surface area contributed by atoms with Crippen LogP contribution in [0.15, 0.2) is 0 Å². The van der Waals surface area contributed by atoms with E-state index >= 15 is 0 Å². The molecule has 1 aliphatic rings. The summed E-state index contributed by atoms with van der Waals surface area (Å²) in [7, 11) is 0. The van der Waals surface area contributed by atoms with E-state index in [1.54, 1.807) is 6.92 Å². The minimum atomic E-state index is -0.306. The van der Waals surface area contributed by atoms with Crippen molar-refractivity contribution in [3.8, 4) is 0 Å². The topological polar surface area (TPSA) is 61.4 Å². The Morgan fingerprint density at radius 3 is 2.30 bits per heavy atom. The maximum absolute atomic E-state index is 11.8. The number of carbonyl (C=O) groups excluding carboxylic acids is 1. The van der Waals surface area contributed by atoms with Crippen LogP contribution in [-0.4, -0.2) is 30.3 Å². The van der Waals surface area contributed by atoms with E-state index in [0.717, 1.165) is 13.0 Å². The summed E-state index contributed by atoms with van der Waals surface area (Å²) in [6.07, 6.45) is 8.07. The molecule has 2 atom stereocenters. The molecule has 0 aliphatic heterocycles. The van der Waals surface area contributed by atoms with E-state index in [1.165, 1.54) is 38.5 Å². The number of rotatable bonds is 6. The van der Waals surface area contributed by atoms with Gasteiger partial charge in [0.25, 0.3) is 0 Å². The molecule has 4 nitrogen and oxygen atoms in total. The number of hydrogen-bond donors (Lipinski definition) is 3. The van der Waals surface area contributed by atoms with Crippen molar-refractivity contribution in [1.82, 2.24) is 10.6 Å². The quantitative estimate of drug-likeness (QED) is 0.656. The van der Waals surface area contributed by atoms with E-state index in [2.05, 4.69) is 17.6 Å². The lowest BCUT2D eigenvalue weighted by Gasteiger charge is -2.28. The van der Waals surface area contributed by atoms with Gasteiger partial charge in [0.15, 0.2) is 0 Å². The fraction of sp³-hybridized carbons (Fsp3) is 0.938. The molecule has 2 unspecified atom stereocenters. The van der Waals surface area contributed by atoms with Gasteiger partial charge in [0.05, 0.1) is 6.10 Å². The molecular formula is C16H32N2O2. The van der Waals surface area contributed by atoms with Gasteiger partial charge in [-0.1, -0.05) is 39.5 Å². The maximum atomic E-state index is 11.8. The molecule has 1 fully saturated rings. The Labute approximate surface area is 123 Å². The summed E-state index contributed by atoms with van der Waals surface area (Å²) in [5.74, 6) is 0.300. The molecule has 0 bridgehead atoms. The summed E-state index contributed by atoms with van der Waals surface area (Å²) in [5, 5.41) is 15.2. The third kappa shape index (κ3) is 7.13. The Morgan fingerprint density at radius 1 is 1.15 bits per heavy atom. The van der Waals surface area contributed by atoms with Crippen molar-refractivity contribution >= 4 is 6.03 Å². The van der Waals surface area contributed by atoms with Gasteiger partial charge in [-0.05, 0) is 37.5 Å². The lowest BCUT2D eigenvalue weighted by atomic mass is 9.82. The summed E-state index contributed by atoms with van der Waals surface area (Å²) in [6, 6.07) is -0.0760. The highest BCUT2D eigenvalue weighted by Crippen LogP contribution is 2.33. The summed E-state index contributed by atoms with van der Waals surface area (Å²) in [6.45, 7) is 7.49. The molecule has 0 saturated heterocycles. The van der Waals surface area contributed by atoms with E-state index in [1.807, 2.05) is 6.92 Å². The minimum Gasteiger partial charge on any atom is -0.393 e. The molecule has 0 radical (unpaired) electrons. The SMILES string of the molecule is CC(O)CC(C)CNC(=O)NCC1(C)CCCCCC1. The van der Waals surface area contributed by atoms with Gasteiger partial charge in [0, 0.05) is 13.1 Å². The zero-order valence-corrected chi connectivity index (χ0v) is 13.4. The largest absolute Gasteiger partial charge is 0.393 e. The predicted octanol–water partition coefficient (Wildman–Crippen LogP) is 3.05. The van der Waals surface area contributed by atoms with Gasteiger partial charge in [-0.3, -0.25) is 0 Å². The summed E-state index contributed by atoms with van der Waals surface area (Å²) >= 11 is 0. The van der Waals surface area contributed by atoms with Crippen LogP contribution in [0.4, 0.5) is 4.79 Å². The normalized spacial score (nSPS) is 21.6. The van der Waals surface area contributed by atoms with Crippen LogP contribution in [0.1, 0.15) is 65.7 Å². The van der Waals surface area contributed by atoms with Crippen molar-refractivity contribution in [3.63, 3.8) is 0 Å². The van der Waals surface area contributed by atoms with Crippen LogP contribution in [0.25, 0.3) is 0 Å². The molecule has 0 spiro atoms. The van der Waals surface area contributed by atoms with Crippen molar-refractivity contribution in [2.45, 2.75) is 71.8 Å². The Hall–Kier alpha value is -0.770. The number of carbonyl (C=O) groups is 1. The first-order valence-corrected chi connectivity index (χ1v) is 8.11. The summed E-state index contributed by atoms with van der Waals surface area (Å²) in [5.41, 5.74) is 0.263. The average molecular weight is 284 g/mol. The third-order valence-corrected chi connectivity index (χ3v) is 4.34. The van der Waals surface area contributed by atoms with Gasteiger partial charge >= 0.3 is 6.03 Å². The maximum Gasteiger partial charge on any atom is 0.314 e. The number of aliphatic hydroxyl groups excluding tert-OH is 1. The lowest BCUT2D eigenvalue weighted by Crippen LogP contribution is -2.43. The van der Waals surface area contributed by atoms with E-state index < -0.39 is 0 Å². The van der Waals surface area contributed by atoms with Crippen LogP contribution in [0.3, 0.4) is 0 Å². The molecule has 0 aromatic heterocycles. The van der Waals surface area contributed by atoms with Crippen LogP contribution in [0, 0.1) is 11.3 Å². The zero-order chi connectivity index (χ0) is 15.0. The van der Waals surface area contributed by atoms with E-state index in [-0.39, 0.29) is 17.6 Å². The highest BCUT2D eigenvalue weighted by molar-refractivity contribution is 5.73. The van der Waals surface area contributed by atoms with Gasteiger partial charge < -0.3 is 15.7 Å². The fourth-order valence-electron chi connectivity index (χ4n) is 3.05. The Balaban J connectivity index is 2.21. The first kappa shape index (κ1) is 17.3. The van der Waals surface area contributed by atoms with Crippen LogP contribution < -0.4 is 10.6 Å². The minimum absolute atomic E-state index is 0.0760. The number of urea groups is 1. The van der Waals surface area contributed by atoms with Crippen LogP contribution in [-0.2, 0) is 0 Å². The molecule has 1 aliphatic carbocycles. The number of nitrogens with one attached hydrogen (secondary N) is 2. The molecule has 4 heteroatoms. The second kappa shape index (κ2) is 8.50. The van der Waals surface area contributed by atoms with Gasteiger partial charge in [-0.2, -0.15) is 0 Å². The molecule has 0 heterocycles. The Bertz CT molecular complexity index is 284. The van der Waals surface area contributed by atoms with Crippen LogP contribution >= 0.6 is 0 Å². The highest BCUT2D eigenvalue weighted by Gasteiger charge is 2.25. The highest BCUT2D eigenvalue weighted by atomic mass is 16.3. The number of hydrogen-bond acceptors (Lipinski definition) is 2. The molecule has 0 aromatic rings. The zero-order valence-electron chi connectivity index (χ0n) is 13.4. The summed E-state index contributed by atoms with van der Waals surface area (Å²) < 4.78 is 0.